The minimum Gasteiger partial charge on any atom is -0.378 e. The first kappa shape index (κ1) is 24.6. The summed E-state index contributed by atoms with van der Waals surface area (Å²) in [5.74, 6) is 0. The maximum absolute atomic E-state index is 13.2. The molecule has 1 aromatic heterocycles. The second kappa shape index (κ2) is 9.27. The molecule has 0 fully saturated rings. The Morgan fingerprint density at radius 3 is 1.94 bits per heavy atom. The van der Waals surface area contributed by atoms with Crippen LogP contribution in [0.1, 0.15) is 0 Å². The Hall–Kier alpha value is -2.50. The Labute approximate surface area is 212 Å². The lowest BCUT2D eigenvalue weighted by Gasteiger charge is -2.16. The molecule has 0 aliphatic heterocycles. The first-order chi connectivity index (χ1) is 16.0. The average molecular weight is 557 g/mol. The second-order valence-corrected chi connectivity index (χ2v) is 12.9. The monoisotopic (exact) mass is 555 g/mol. The van der Waals surface area contributed by atoms with Gasteiger partial charge in [0.15, 0.2) is 0 Å². The zero-order valence-corrected chi connectivity index (χ0v) is 21.9. The van der Waals surface area contributed by atoms with Crippen LogP contribution in [0.3, 0.4) is 0 Å². The van der Waals surface area contributed by atoms with E-state index in [2.05, 4.69) is 9.44 Å². The minimum absolute atomic E-state index is 0.00994. The number of sulfonamides is 2. The Bertz CT molecular complexity index is 1590. The van der Waals surface area contributed by atoms with Crippen LogP contribution in [-0.2, 0) is 20.0 Å². The number of anilines is 3. The molecule has 0 amide bonds. The van der Waals surface area contributed by atoms with Gasteiger partial charge in [-0.15, -0.1) is 11.3 Å². The van der Waals surface area contributed by atoms with Crippen LogP contribution in [-0.4, -0.2) is 30.9 Å². The van der Waals surface area contributed by atoms with E-state index in [1.807, 2.05) is 37.2 Å². The van der Waals surface area contributed by atoms with Crippen LogP contribution >= 0.6 is 34.5 Å². The molecular formula is C22H19Cl2N3O4S3. The Morgan fingerprint density at radius 2 is 1.35 bits per heavy atom. The van der Waals surface area contributed by atoms with Gasteiger partial charge in [-0.25, -0.2) is 16.8 Å². The normalized spacial score (nSPS) is 12.0. The first-order valence-electron chi connectivity index (χ1n) is 9.76. The molecule has 4 aromatic rings. The molecule has 12 heteroatoms. The lowest BCUT2D eigenvalue weighted by Crippen LogP contribution is -2.17. The molecule has 1 heterocycles. The predicted octanol–water partition coefficient (Wildman–Crippen LogP) is 5.88. The number of benzene rings is 3. The van der Waals surface area contributed by atoms with Gasteiger partial charge in [0.2, 0.25) is 0 Å². The first-order valence-corrected chi connectivity index (χ1v) is 14.4. The van der Waals surface area contributed by atoms with Crippen LogP contribution in [0, 0.1) is 0 Å². The average Bonchev–Trinajstić information content (AvgIpc) is 3.32. The Balaban J connectivity index is 1.71. The molecule has 0 aliphatic rings. The predicted molar refractivity (Wildman–Crippen MR) is 141 cm³/mol. The number of fused-ring (bicyclic) bond motifs is 1. The SMILES string of the molecule is CN(C)c1ccc2cc(S(=O)(=O)Nc3cc(Cl)c(Cl)cc3NS(=O)(=O)c3cccs3)ccc2c1. The fourth-order valence-electron chi connectivity index (χ4n) is 3.19. The van der Waals surface area contributed by atoms with E-state index < -0.39 is 20.0 Å². The van der Waals surface area contributed by atoms with Gasteiger partial charge in [0.25, 0.3) is 20.0 Å². The fourth-order valence-corrected chi connectivity index (χ4v) is 6.68. The molecule has 3 aromatic carbocycles. The Morgan fingerprint density at radius 1 is 0.765 bits per heavy atom. The highest BCUT2D eigenvalue weighted by atomic mass is 35.5. The van der Waals surface area contributed by atoms with Crippen molar-refractivity contribution in [3.8, 4) is 0 Å². The molecule has 4 rings (SSSR count). The van der Waals surface area contributed by atoms with Crippen LogP contribution in [0.4, 0.5) is 17.1 Å². The number of hydrogen-bond donors (Lipinski definition) is 2. The molecule has 0 saturated carbocycles. The summed E-state index contributed by atoms with van der Waals surface area (Å²) in [6.45, 7) is 0. The van der Waals surface area contributed by atoms with Crippen LogP contribution < -0.4 is 14.3 Å². The lowest BCUT2D eigenvalue weighted by atomic mass is 10.1. The van der Waals surface area contributed by atoms with Gasteiger partial charge in [0, 0.05) is 19.8 Å². The molecule has 178 valence electrons. The molecule has 7 nitrogen and oxygen atoms in total. The summed E-state index contributed by atoms with van der Waals surface area (Å²) in [5, 5.41) is 3.36. The van der Waals surface area contributed by atoms with Crippen molar-refractivity contribution in [1.82, 2.24) is 0 Å². The van der Waals surface area contributed by atoms with Gasteiger partial charge in [-0.1, -0.05) is 41.4 Å². The summed E-state index contributed by atoms with van der Waals surface area (Å²) in [4.78, 5) is 1.96. The molecule has 0 radical (unpaired) electrons. The maximum atomic E-state index is 13.2. The van der Waals surface area contributed by atoms with Crippen LogP contribution in [0.2, 0.25) is 10.0 Å². The van der Waals surface area contributed by atoms with E-state index in [-0.39, 0.29) is 30.5 Å². The lowest BCUT2D eigenvalue weighted by molar-refractivity contribution is 0.599. The van der Waals surface area contributed by atoms with Crippen molar-refractivity contribution in [3.05, 3.63) is 76.1 Å². The van der Waals surface area contributed by atoms with Gasteiger partial charge < -0.3 is 4.90 Å². The topological polar surface area (TPSA) is 95.6 Å². The van der Waals surface area contributed by atoms with Crippen molar-refractivity contribution in [3.63, 3.8) is 0 Å². The maximum Gasteiger partial charge on any atom is 0.271 e. The third-order valence-electron chi connectivity index (χ3n) is 4.93. The molecule has 2 N–H and O–H groups in total. The number of rotatable bonds is 7. The van der Waals surface area contributed by atoms with Crippen molar-refractivity contribution < 1.29 is 16.8 Å². The van der Waals surface area contributed by atoms with E-state index in [1.165, 1.54) is 24.3 Å². The zero-order chi connectivity index (χ0) is 24.7. The van der Waals surface area contributed by atoms with Crippen molar-refractivity contribution in [2.45, 2.75) is 9.10 Å². The highest BCUT2D eigenvalue weighted by molar-refractivity contribution is 7.94. The summed E-state index contributed by atoms with van der Waals surface area (Å²) < 4.78 is 56.7. The van der Waals surface area contributed by atoms with E-state index in [1.54, 1.807) is 23.6 Å². The van der Waals surface area contributed by atoms with E-state index >= 15 is 0 Å². The third kappa shape index (κ3) is 5.11. The standard InChI is InChI=1S/C22H19Cl2N3O4S3/c1-27(2)16-7-5-15-11-17(8-6-14(15)10-16)33(28,29)25-20-12-18(23)19(24)13-21(20)26-34(30,31)22-4-3-9-32-22/h3-13,25-26H,1-2H3. The minimum atomic E-state index is -4.09. The van der Waals surface area contributed by atoms with Gasteiger partial charge in [0.1, 0.15) is 4.21 Å². The van der Waals surface area contributed by atoms with Gasteiger partial charge in [0.05, 0.1) is 26.3 Å². The van der Waals surface area contributed by atoms with Crippen molar-refractivity contribution in [2.24, 2.45) is 0 Å². The molecule has 34 heavy (non-hydrogen) atoms. The summed E-state index contributed by atoms with van der Waals surface area (Å²) in [6.07, 6.45) is 0. The Kier molecular flexibility index (Phi) is 6.71. The highest BCUT2D eigenvalue weighted by Gasteiger charge is 2.22. The third-order valence-corrected chi connectivity index (χ3v) is 9.78. The summed E-state index contributed by atoms with van der Waals surface area (Å²) in [7, 11) is -4.20. The molecule has 0 bridgehead atoms. The van der Waals surface area contributed by atoms with E-state index in [0.717, 1.165) is 27.8 Å². The summed E-state index contributed by atoms with van der Waals surface area (Å²) in [6, 6.07) is 16.0. The number of hydrogen-bond acceptors (Lipinski definition) is 6. The number of halogens is 2. The van der Waals surface area contributed by atoms with E-state index in [4.69, 9.17) is 23.2 Å². The van der Waals surface area contributed by atoms with Crippen LogP contribution in [0.5, 0.6) is 0 Å². The highest BCUT2D eigenvalue weighted by Crippen LogP contribution is 2.36. The molecule has 0 aliphatic carbocycles. The smallest absolute Gasteiger partial charge is 0.271 e. The largest absolute Gasteiger partial charge is 0.378 e. The van der Waals surface area contributed by atoms with Crippen LogP contribution in [0.15, 0.2) is 75.1 Å². The quantitative estimate of drug-likeness (QED) is 0.297. The van der Waals surface area contributed by atoms with E-state index in [9.17, 15) is 16.8 Å². The molecular weight excluding hydrogens is 537 g/mol. The van der Waals surface area contributed by atoms with E-state index in [0.29, 0.717) is 0 Å². The second-order valence-electron chi connectivity index (χ2n) is 7.54. The molecule has 0 atom stereocenters. The van der Waals surface area contributed by atoms with Crippen molar-refractivity contribution in [1.29, 1.82) is 0 Å². The van der Waals surface area contributed by atoms with Gasteiger partial charge in [-0.05, 0) is 58.6 Å². The fraction of sp³-hybridized carbons (Fsp3) is 0.0909. The molecule has 0 spiro atoms. The van der Waals surface area contributed by atoms with Crippen LogP contribution in [0.25, 0.3) is 10.8 Å². The molecule has 0 unspecified atom stereocenters. The van der Waals surface area contributed by atoms with Gasteiger partial charge in [-0.2, -0.15) is 0 Å². The number of thiophene rings is 1. The number of nitrogens with one attached hydrogen (secondary N) is 2. The van der Waals surface area contributed by atoms with Crippen molar-refractivity contribution >= 4 is 82.4 Å². The van der Waals surface area contributed by atoms with Gasteiger partial charge in [-0.3, -0.25) is 9.44 Å². The zero-order valence-electron chi connectivity index (χ0n) is 17.9. The van der Waals surface area contributed by atoms with Gasteiger partial charge >= 0.3 is 0 Å². The summed E-state index contributed by atoms with van der Waals surface area (Å²) >= 11 is 13.2. The number of nitrogens with zero attached hydrogens (tertiary/aromatic N) is 1. The van der Waals surface area contributed by atoms with Crippen molar-refractivity contribution in [2.75, 3.05) is 28.4 Å². The molecule has 0 saturated heterocycles. The summed E-state index contributed by atoms with van der Waals surface area (Å²) in [5.41, 5.74) is 0.875.